The molecule has 0 saturated carbocycles. The first-order valence-electron chi connectivity index (χ1n) is 6.18. The molecule has 0 saturated heterocycles. The maximum atomic E-state index is 12.0. The second-order valence-corrected chi connectivity index (χ2v) is 8.37. The van der Waals surface area contributed by atoms with Crippen LogP contribution in [0.3, 0.4) is 0 Å². The highest BCUT2D eigenvalue weighted by atomic mass is 32.2. The zero-order valence-corrected chi connectivity index (χ0v) is 12.4. The zero-order chi connectivity index (χ0) is 14.4. The molecule has 1 heterocycles. The fourth-order valence-electron chi connectivity index (χ4n) is 2.23. The summed E-state index contributed by atoms with van der Waals surface area (Å²) in [6, 6.07) is 0. The van der Waals surface area contributed by atoms with Crippen molar-refractivity contribution < 1.29 is 13.2 Å². The van der Waals surface area contributed by atoms with E-state index in [1.807, 2.05) is 13.8 Å². The average Bonchev–Trinajstić information content (AvgIpc) is 2.24. The Balaban J connectivity index is 2.47. The average molecular weight is 282 g/mol. The van der Waals surface area contributed by atoms with Crippen LogP contribution < -0.4 is 0 Å². The minimum Gasteiger partial charge on any atom is -0.294 e. The summed E-state index contributed by atoms with van der Waals surface area (Å²) in [5, 5.41) is -0.752. The number of nitrogens with zero attached hydrogens (tertiary/aromatic N) is 2. The van der Waals surface area contributed by atoms with Crippen molar-refractivity contribution in [2.75, 3.05) is 6.26 Å². The van der Waals surface area contributed by atoms with E-state index >= 15 is 0 Å². The predicted octanol–water partition coefficient (Wildman–Crippen LogP) is 1.74. The molecule has 2 rings (SSSR count). The number of hydrogen-bond donors (Lipinski definition) is 0. The Morgan fingerprint density at radius 1 is 1.32 bits per heavy atom. The smallest absolute Gasteiger partial charge is 0.166 e. The van der Waals surface area contributed by atoms with Crippen molar-refractivity contribution in [3.63, 3.8) is 0 Å². The lowest BCUT2D eigenvalue weighted by atomic mass is 9.76. The Kier molecular flexibility index (Phi) is 3.24. The Labute approximate surface area is 113 Å². The lowest BCUT2D eigenvalue weighted by molar-refractivity contribution is 0.0909. The number of ketones is 1. The summed E-state index contributed by atoms with van der Waals surface area (Å²) in [7, 11) is -3.23. The Hall–Kier alpha value is -1.30. The SMILES string of the molecule is CC(c1ncc2c(n1)CC(C)(C)CC2=O)S(C)(=O)=O. The third kappa shape index (κ3) is 2.83. The summed E-state index contributed by atoms with van der Waals surface area (Å²) in [6.45, 7) is 5.58. The zero-order valence-electron chi connectivity index (χ0n) is 11.6. The molecule has 0 aliphatic heterocycles. The molecule has 0 spiro atoms. The molecule has 1 aliphatic rings. The van der Waals surface area contributed by atoms with Crippen LogP contribution in [0, 0.1) is 5.41 Å². The van der Waals surface area contributed by atoms with Gasteiger partial charge in [-0.15, -0.1) is 0 Å². The van der Waals surface area contributed by atoms with Gasteiger partial charge in [0.05, 0.1) is 11.3 Å². The van der Waals surface area contributed by atoms with Gasteiger partial charge in [-0.3, -0.25) is 4.79 Å². The topological polar surface area (TPSA) is 77.0 Å². The van der Waals surface area contributed by atoms with Crippen molar-refractivity contribution >= 4 is 15.6 Å². The molecule has 1 atom stereocenters. The molecule has 0 N–H and O–H groups in total. The largest absolute Gasteiger partial charge is 0.294 e. The summed E-state index contributed by atoms with van der Waals surface area (Å²) in [4.78, 5) is 20.3. The first-order valence-corrected chi connectivity index (χ1v) is 8.13. The standard InChI is InChI=1S/C13H18N2O3S/c1-8(19(4,17)18)12-14-7-9-10(15-12)5-13(2,3)6-11(9)16/h7-8H,5-6H2,1-4H3. The van der Waals surface area contributed by atoms with Crippen LogP contribution in [0.15, 0.2) is 6.20 Å². The van der Waals surface area contributed by atoms with E-state index in [0.29, 0.717) is 24.1 Å². The summed E-state index contributed by atoms with van der Waals surface area (Å²) >= 11 is 0. The maximum Gasteiger partial charge on any atom is 0.166 e. The van der Waals surface area contributed by atoms with Crippen molar-refractivity contribution in [1.82, 2.24) is 9.97 Å². The van der Waals surface area contributed by atoms with E-state index in [1.165, 1.54) is 6.20 Å². The third-order valence-corrected chi connectivity index (χ3v) is 4.97. The normalized spacial score (nSPS) is 19.9. The number of sulfone groups is 1. The van der Waals surface area contributed by atoms with Crippen LogP contribution in [0.5, 0.6) is 0 Å². The van der Waals surface area contributed by atoms with Crippen LogP contribution in [0.1, 0.15) is 54.3 Å². The summed E-state index contributed by atoms with van der Waals surface area (Å²) in [5.41, 5.74) is 1.06. The van der Waals surface area contributed by atoms with Crippen molar-refractivity contribution in [2.45, 2.75) is 38.9 Å². The second-order valence-electron chi connectivity index (χ2n) is 6.00. The summed E-state index contributed by atoms with van der Waals surface area (Å²) in [6.07, 6.45) is 3.77. The number of Topliss-reactive ketones (excluding diaryl/α,β-unsaturated/α-hetero) is 1. The summed E-state index contributed by atoms with van der Waals surface area (Å²) in [5.74, 6) is 0.302. The highest BCUT2D eigenvalue weighted by Gasteiger charge is 2.33. The van der Waals surface area contributed by atoms with E-state index in [0.717, 1.165) is 6.26 Å². The van der Waals surface area contributed by atoms with E-state index in [9.17, 15) is 13.2 Å². The van der Waals surface area contributed by atoms with Crippen LogP contribution in [-0.4, -0.2) is 30.4 Å². The van der Waals surface area contributed by atoms with Gasteiger partial charge in [-0.05, 0) is 18.8 Å². The minimum atomic E-state index is -3.23. The van der Waals surface area contributed by atoms with Gasteiger partial charge in [0.15, 0.2) is 15.6 Å². The van der Waals surface area contributed by atoms with Gasteiger partial charge in [-0.25, -0.2) is 18.4 Å². The Morgan fingerprint density at radius 3 is 2.53 bits per heavy atom. The first kappa shape index (κ1) is 14.1. The van der Waals surface area contributed by atoms with Gasteiger partial charge in [0.1, 0.15) is 11.1 Å². The molecule has 1 unspecified atom stereocenters. The number of carbonyl (C=O) groups is 1. The molecule has 19 heavy (non-hydrogen) atoms. The lowest BCUT2D eigenvalue weighted by Crippen LogP contribution is -2.29. The molecule has 5 nitrogen and oxygen atoms in total. The molecule has 6 heteroatoms. The fourth-order valence-corrected chi connectivity index (χ4v) is 2.73. The molecule has 0 aromatic carbocycles. The van der Waals surface area contributed by atoms with Gasteiger partial charge in [0.2, 0.25) is 0 Å². The van der Waals surface area contributed by atoms with Gasteiger partial charge < -0.3 is 0 Å². The molecule has 104 valence electrons. The van der Waals surface area contributed by atoms with Crippen LogP contribution >= 0.6 is 0 Å². The molecule has 1 aliphatic carbocycles. The second kappa shape index (κ2) is 4.37. The van der Waals surface area contributed by atoms with Crippen molar-refractivity contribution in [2.24, 2.45) is 5.41 Å². The van der Waals surface area contributed by atoms with Crippen LogP contribution in [0.2, 0.25) is 0 Å². The molecule has 1 aromatic heterocycles. The predicted molar refractivity (Wildman–Crippen MR) is 71.7 cm³/mol. The van der Waals surface area contributed by atoms with Gasteiger partial charge in [0, 0.05) is 18.9 Å². The molecular formula is C13H18N2O3S. The van der Waals surface area contributed by atoms with Crippen LogP contribution in [0.4, 0.5) is 0 Å². The van der Waals surface area contributed by atoms with Gasteiger partial charge in [0.25, 0.3) is 0 Å². The molecule has 0 amide bonds. The minimum absolute atomic E-state index is 0.0322. The highest BCUT2D eigenvalue weighted by molar-refractivity contribution is 7.90. The van der Waals surface area contributed by atoms with Gasteiger partial charge in [-0.1, -0.05) is 13.8 Å². The van der Waals surface area contributed by atoms with Crippen molar-refractivity contribution in [3.8, 4) is 0 Å². The number of fused-ring (bicyclic) bond motifs is 1. The number of hydrogen-bond acceptors (Lipinski definition) is 5. The number of rotatable bonds is 2. The number of aromatic nitrogens is 2. The summed E-state index contributed by atoms with van der Waals surface area (Å²) < 4.78 is 23.1. The van der Waals surface area contributed by atoms with Crippen LogP contribution in [0.25, 0.3) is 0 Å². The number of carbonyl (C=O) groups excluding carboxylic acids is 1. The van der Waals surface area contributed by atoms with E-state index < -0.39 is 15.1 Å². The first-order chi connectivity index (χ1) is 8.60. The Morgan fingerprint density at radius 2 is 1.95 bits per heavy atom. The highest BCUT2D eigenvalue weighted by Crippen LogP contribution is 2.34. The molecule has 0 radical (unpaired) electrons. The quantitative estimate of drug-likeness (QED) is 0.825. The molecule has 0 fully saturated rings. The van der Waals surface area contributed by atoms with E-state index in [4.69, 9.17) is 0 Å². The van der Waals surface area contributed by atoms with Crippen LogP contribution in [-0.2, 0) is 16.3 Å². The Bertz CT molecular complexity index is 635. The monoisotopic (exact) mass is 282 g/mol. The third-order valence-electron chi connectivity index (χ3n) is 3.48. The van der Waals surface area contributed by atoms with E-state index in [2.05, 4.69) is 9.97 Å². The van der Waals surface area contributed by atoms with Gasteiger partial charge in [-0.2, -0.15) is 0 Å². The van der Waals surface area contributed by atoms with E-state index in [1.54, 1.807) is 6.92 Å². The molecular weight excluding hydrogens is 264 g/mol. The fraction of sp³-hybridized carbons (Fsp3) is 0.615. The van der Waals surface area contributed by atoms with E-state index in [-0.39, 0.29) is 17.0 Å². The molecule has 0 bridgehead atoms. The van der Waals surface area contributed by atoms with Gasteiger partial charge >= 0.3 is 0 Å². The molecule has 1 aromatic rings. The lowest BCUT2D eigenvalue weighted by Gasteiger charge is -2.29. The van der Waals surface area contributed by atoms with Crippen molar-refractivity contribution in [1.29, 1.82) is 0 Å². The van der Waals surface area contributed by atoms with Crippen molar-refractivity contribution in [3.05, 3.63) is 23.3 Å². The maximum absolute atomic E-state index is 12.0.